The summed E-state index contributed by atoms with van der Waals surface area (Å²) in [4.78, 5) is 19.6. The van der Waals surface area contributed by atoms with Gasteiger partial charge in [-0.2, -0.15) is 0 Å². The van der Waals surface area contributed by atoms with Crippen LogP contribution in [0.4, 0.5) is 4.79 Å². The van der Waals surface area contributed by atoms with E-state index in [0.717, 1.165) is 61.5 Å². The molecule has 1 aliphatic heterocycles. The largest absolute Gasteiger partial charge is 0.493 e. The predicted octanol–water partition coefficient (Wildman–Crippen LogP) is 7.82. The van der Waals surface area contributed by atoms with Gasteiger partial charge in [-0.3, -0.25) is 0 Å². The van der Waals surface area contributed by atoms with Crippen LogP contribution in [-0.4, -0.2) is 35.7 Å². The Kier molecular flexibility index (Phi) is 7.58. The van der Waals surface area contributed by atoms with E-state index in [1.807, 2.05) is 78.6 Å². The van der Waals surface area contributed by atoms with Crippen LogP contribution < -0.4 is 9.47 Å². The van der Waals surface area contributed by atoms with Gasteiger partial charge in [0, 0.05) is 25.1 Å². The smallest absolute Gasteiger partial charge is 0.415 e. The van der Waals surface area contributed by atoms with E-state index in [2.05, 4.69) is 23.2 Å². The molecule has 2 unspecified atom stereocenters. The Labute approximate surface area is 235 Å². The zero-order valence-electron chi connectivity index (χ0n) is 23.1. The molecule has 0 radical (unpaired) electrons. The van der Waals surface area contributed by atoms with Crippen LogP contribution >= 0.6 is 0 Å². The average molecular weight is 537 g/mol. The van der Waals surface area contributed by atoms with Crippen molar-refractivity contribution in [2.45, 2.75) is 51.4 Å². The predicted molar refractivity (Wildman–Crippen MR) is 155 cm³/mol. The maximum atomic E-state index is 13.1. The van der Waals surface area contributed by atoms with Crippen LogP contribution in [0.25, 0.3) is 11.5 Å². The summed E-state index contributed by atoms with van der Waals surface area (Å²) in [5.74, 6) is 3.39. The highest BCUT2D eigenvalue weighted by Gasteiger charge is 2.55. The van der Waals surface area contributed by atoms with Gasteiger partial charge in [-0.05, 0) is 79.5 Å². The number of rotatable bonds is 7. The summed E-state index contributed by atoms with van der Waals surface area (Å²) in [6.45, 7) is 3.98. The molecule has 206 valence electrons. The molecule has 0 bridgehead atoms. The van der Waals surface area contributed by atoms with Crippen LogP contribution in [0.3, 0.4) is 0 Å². The highest BCUT2D eigenvalue weighted by molar-refractivity contribution is 5.71. The Morgan fingerprint density at radius 3 is 2.58 bits per heavy atom. The van der Waals surface area contributed by atoms with Gasteiger partial charge in [0.05, 0.1) is 12.3 Å². The molecule has 2 heterocycles. The molecule has 1 spiro atoms. The first kappa shape index (κ1) is 26.2. The number of aromatic nitrogens is 1. The van der Waals surface area contributed by atoms with E-state index in [9.17, 15) is 4.79 Å². The van der Waals surface area contributed by atoms with E-state index in [1.54, 1.807) is 0 Å². The SMILES string of the molecule is Cc1nc(-c2ccccc2)oc1CCOc1cccc(C2CC23CCCCCN(C(=O)Oc2ccccc2)C3)c1. The van der Waals surface area contributed by atoms with E-state index in [0.29, 0.717) is 30.6 Å². The molecule has 1 aromatic heterocycles. The molecule has 1 saturated carbocycles. The summed E-state index contributed by atoms with van der Waals surface area (Å²) in [5, 5.41) is 0. The van der Waals surface area contributed by atoms with Gasteiger partial charge >= 0.3 is 6.09 Å². The minimum atomic E-state index is -0.242. The standard InChI is InChI=1S/C34H36N2O4/c1-25-31(40-32(35-25)26-12-5-2-6-13-26)18-21-38-29-17-11-14-27(22-29)30-23-34(30)19-9-4-10-20-36(24-34)33(37)39-28-15-7-3-8-16-28/h2-3,5-8,11-17,22,30H,4,9-10,18-21,23-24H2,1H3. The summed E-state index contributed by atoms with van der Waals surface area (Å²) < 4.78 is 17.9. The number of amides is 1. The summed E-state index contributed by atoms with van der Waals surface area (Å²) in [5.41, 5.74) is 3.27. The highest BCUT2D eigenvalue weighted by Crippen LogP contribution is 2.63. The van der Waals surface area contributed by atoms with Crippen molar-refractivity contribution in [3.8, 4) is 23.0 Å². The van der Waals surface area contributed by atoms with Crippen LogP contribution in [0.15, 0.2) is 89.3 Å². The Morgan fingerprint density at radius 2 is 1.75 bits per heavy atom. The second kappa shape index (κ2) is 11.6. The minimum absolute atomic E-state index is 0.111. The molecule has 6 nitrogen and oxygen atoms in total. The van der Waals surface area contributed by atoms with Crippen LogP contribution in [0.5, 0.6) is 11.5 Å². The first-order chi connectivity index (χ1) is 19.6. The van der Waals surface area contributed by atoms with Crippen molar-refractivity contribution in [3.63, 3.8) is 0 Å². The lowest BCUT2D eigenvalue weighted by atomic mass is 9.90. The lowest BCUT2D eigenvalue weighted by Crippen LogP contribution is -2.40. The molecule has 1 saturated heterocycles. The summed E-state index contributed by atoms with van der Waals surface area (Å²) >= 11 is 0. The Bertz CT molecular complexity index is 1430. The van der Waals surface area contributed by atoms with E-state index in [-0.39, 0.29) is 11.5 Å². The van der Waals surface area contributed by atoms with E-state index in [1.165, 1.54) is 12.0 Å². The van der Waals surface area contributed by atoms with Gasteiger partial charge in [0.1, 0.15) is 17.3 Å². The molecule has 1 aliphatic carbocycles. The topological polar surface area (TPSA) is 64.8 Å². The third-order valence-corrected chi connectivity index (χ3v) is 8.28. The van der Waals surface area contributed by atoms with Crippen LogP contribution in [-0.2, 0) is 6.42 Å². The number of nitrogens with zero attached hydrogens (tertiary/aromatic N) is 2. The van der Waals surface area contributed by atoms with Crippen molar-refractivity contribution >= 4 is 6.09 Å². The number of hydrogen-bond donors (Lipinski definition) is 0. The molecule has 1 amide bonds. The molecule has 4 aromatic rings. The minimum Gasteiger partial charge on any atom is -0.493 e. The van der Waals surface area contributed by atoms with Gasteiger partial charge in [-0.1, -0.05) is 61.4 Å². The quantitative estimate of drug-likeness (QED) is 0.241. The number of carbonyl (C=O) groups excluding carboxylic acids is 1. The Hall–Kier alpha value is -4.06. The number of benzene rings is 3. The van der Waals surface area contributed by atoms with Gasteiger partial charge in [-0.25, -0.2) is 9.78 Å². The van der Waals surface area contributed by atoms with Gasteiger partial charge in [0.2, 0.25) is 5.89 Å². The van der Waals surface area contributed by atoms with Gasteiger partial charge in [0.25, 0.3) is 0 Å². The number of likely N-dealkylation sites (tertiary alicyclic amines) is 1. The molecule has 3 aromatic carbocycles. The number of ether oxygens (including phenoxy) is 2. The fourth-order valence-corrected chi connectivity index (χ4v) is 6.02. The first-order valence-electron chi connectivity index (χ1n) is 14.4. The van der Waals surface area contributed by atoms with Gasteiger partial charge < -0.3 is 18.8 Å². The normalized spacial score (nSPS) is 20.5. The first-order valence-corrected chi connectivity index (χ1v) is 14.4. The molecule has 40 heavy (non-hydrogen) atoms. The number of para-hydroxylation sites is 1. The Balaban J connectivity index is 1.08. The maximum Gasteiger partial charge on any atom is 0.415 e. The summed E-state index contributed by atoms with van der Waals surface area (Å²) in [7, 11) is 0. The monoisotopic (exact) mass is 536 g/mol. The number of carbonyl (C=O) groups is 1. The van der Waals surface area contributed by atoms with Crippen LogP contribution in [0, 0.1) is 12.3 Å². The second-order valence-electron chi connectivity index (χ2n) is 11.1. The fourth-order valence-electron chi connectivity index (χ4n) is 6.02. The molecule has 6 rings (SSSR count). The van der Waals surface area contributed by atoms with E-state index < -0.39 is 0 Å². The molecule has 2 fully saturated rings. The van der Waals surface area contributed by atoms with Crippen molar-refractivity contribution in [2.24, 2.45) is 5.41 Å². The van der Waals surface area contributed by atoms with Gasteiger partial charge in [-0.15, -0.1) is 0 Å². The second-order valence-corrected chi connectivity index (χ2v) is 11.1. The van der Waals surface area contributed by atoms with Crippen molar-refractivity contribution in [2.75, 3.05) is 19.7 Å². The van der Waals surface area contributed by atoms with E-state index in [4.69, 9.17) is 13.9 Å². The highest BCUT2D eigenvalue weighted by atomic mass is 16.6. The maximum absolute atomic E-state index is 13.1. The van der Waals surface area contributed by atoms with E-state index >= 15 is 0 Å². The lowest BCUT2D eigenvalue weighted by Gasteiger charge is -2.30. The van der Waals surface area contributed by atoms with Crippen LogP contribution in [0.1, 0.15) is 55.0 Å². The van der Waals surface area contributed by atoms with Crippen molar-refractivity contribution in [1.82, 2.24) is 9.88 Å². The molecular weight excluding hydrogens is 500 g/mol. The third kappa shape index (κ3) is 5.91. The Morgan fingerprint density at radius 1 is 0.975 bits per heavy atom. The fraction of sp³-hybridized carbons (Fsp3) is 0.353. The molecule has 2 atom stereocenters. The molecule has 0 N–H and O–H groups in total. The molecule has 2 aliphatic rings. The van der Waals surface area contributed by atoms with Gasteiger partial charge in [0.15, 0.2) is 0 Å². The zero-order valence-corrected chi connectivity index (χ0v) is 23.1. The summed E-state index contributed by atoms with van der Waals surface area (Å²) in [6.07, 6.45) is 5.99. The number of hydrogen-bond acceptors (Lipinski definition) is 5. The third-order valence-electron chi connectivity index (χ3n) is 8.28. The number of oxazole rings is 1. The molecular formula is C34H36N2O4. The molecule has 6 heteroatoms. The van der Waals surface area contributed by atoms with Crippen molar-refractivity contribution < 1.29 is 18.7 Å². The lowest BCUT2D eigenvalue weighted by molar-refractivity contribution is 0.131. The van der Waals surface area contributed by atoms with Crippen molar-refractivity contribution in [3.05, 3.63) is 102 Å². The van der Waals surface area contributed by atoms with Crippen molar-refractivity contribution in [1.29, 1.82) is 0 Å². The van der Waals surface area contributed by atoms with Crippen LogP contribution in [0.2, 0.25) is 0 Å². The average Bonchev–Trinajstić information content (AvgIpc) is 3.57. The summed E-state index contributed by atoms with van der Waals surface area (Å²) in [6, 6.07) is 27.8. The number of aryl methyl sites for hydroxylation is 1. The zero-order chi connectivity index (χ0) is 27.4.